The van der Waals surface area contributed by atoms with Gasteiger partial charge >= 0.3 is 12.1 Å². The summed E-state index contributed by atoms with van der Waals surface area (Å²) in [5, 5.41) is 15.9. The predicted octanol–water partition coefficient (Wildman–Crippen LogP) is 2.14. The van der Waals surface area contributed by atoms with Crippen LogP contribution in [0.25, 0.3) is 0 Å². The summed E-state index contributed by atoms with van der Waals surface area (Å²) in [6.07, 6.45) is 1.49. The Balaban J connectivity index is 1.62. The Hall–Kier alpha value is -3.68. The van der Waals surface area contributed by atoms with E-state index in [9.17, 15) is 27.9 Å². The van der Waals surface area contributed by atoms with Crippen molar-refractivity contribution in [3.05, 3.63) is 60.2 Å². The number of rotatable bonds is 15. The van der Waals surface area contributed by atoms with Crippen molar-refractivity contribution in [1.29, 1.82) is 0 Å². The molecule has 12 nitrogen and oxygen atoms in total. The number of carboxylic acid groups (broad SMARTS) is 1. The molecule has 42 heavy (non-hydrogen) atoms. The van der Waals surface area contributed by atoms with Crippen LogP contribution in [0.2, 0.25) is 0 Å². The topological polar surface area (TPSA) is 163 Å². The normalized spacial score (nSPS) is 15.4. The lowest BCUT2D eigenvalue weighted by atomic mass is 10.0. The van der Waals surface area contributed by atoms with Crippen LogP contribution in [0.5, 0.6) is 5.75 Å². The molecule has 2 aromatic rings. The van der Waals surface area contributed by atoms with Crippen LogP contribution in [0.3, 0.4) is 0 Å². The number of amides is 2. The van der Waals surface area contributed by atoms with E-state index in [1.54, 1.807) is 11.8 Å². The number of methoxy groups -OCH3 is 1. The molecule has 2 aromatic carbocycles. The molecule has 0 bridgehead atoms. The van der Waals surface area contributed by atoms with Crippen molar-refractivity contribution in [2.24, 2.45) is 0 Å². The second-order valence-corrected chi connectivity index (χ2v) is 11.7. The molecule has 0 spiro atoms. The number of aliphatic carboxylic acids is 1. The highest BCUT2D eigenvalue weighted by atomic mass is 32.2. The van der Waals surface area contributed by atoms with Crippen molar-refractivity contribution < 1.29 is 37.4 Å². The van der Waals surface area contributed by atoms with E-state index >= 15 is 0 Å². The first-order valence-electron chi connectivity index (χ1n) is 14.0. The summed E-state index contributed by atoms with van der Waals surface area (Å²) in [5.41, 5.74) is 0.999. The molecule has 1 saturated heterocycles. The third-order valence-electron chi connectivity index (χ3n) is 7.04. The van der Waals surface area contributed by atoms with Crippen LogP contribution in [0.4, 0.5) is 4.79 Å². The van der Waals surface area contributed by atoms with Gasteiger partial charge in [-0.2, -0.15) is 0 Å². The summed E-state index contributed by atoms with van der Waals surface area (Å²) in [4.78, 5) is 39.1. The van der Waals surface area contributed by atoms with Gasteiger partial charge in [0.05, 0.1) is 24.7 Å². The van der Waals surface area contributed by atoms with Crippen molar-refractivity contribution in [3.63, 3.8) is 0 Å². The molecule has 0 aromatic heterocycles. The molecule has 13 heteroatoms. The third-order valence-corrected chi connectivity index (χ3v) is 8.52. The van der Waals surface area contributed by atoms with Crippen LogP contribution in [0.15, 0.2) is 59.5 Å². The van der Waals surface area contributed by atoms with Crippen molar-refractivity contribution >= 4 is 28.0 Å². The lowest BCUT2D eigenvalue weighted by Crippen LogP contribution is -2.55. The molecule has 0 aliphatic carbocycles. The fourth-order valence-electron chi connectivity index (χ4n) is 4.67. The molecule has 3 rings (SSSR count). The summed E-state index contributed by atoms with van der Waals surface area (Å²) >= 11 is 0. The third kappa shape index (κ3) is 10.00. The zero-order valence-electron chi connectivity index (χ0n) is 24.0. The highest BCUT2D eigenvalue weighted by Gasteiger charge is 2.30. The van der Waals surface area contributed by atoms with Crippen LogP contribution < -0.4 is 20.1 Å². The van der Waals surface area contributed by atoms with Gasteiger partial charge in [0.2, 0.25) is 15.9 Å². The largest absolute Gasteiger partial charge is 0.497 e. The number of carbonyl (C=O) groups is 3. The molecule has 4 N–H and O–H groups in total. The van der Waals surface area contributed by atoms with Gasteiger partial charge in [-0.05, 0) is 68.9 Å². The lowest BCUT2D eigenvalue weighted by molar-refractivity contribution is -0.140. The van der Waals surface area contributed by atoms with Crippen LogP contribution in [0.1, 0.15) is 38.2 Å². The first kappa shape index (κ1) is 32.8. The number of sulfonamides is 1. The van der Waals surface area contributed by atoms with Crippen molar-refractivity contribution in [2.45, 2.75) is 62.0 Å². The summed E-state index contributed by atoms with van der Waals surface area (Å²) < 4.78 is 37.9. The fourth-order valence-corrected chi connectivity index (χ4v) is 5.71. The summed E-state index contributed by atoms with van der Waals surface area (Å²) in [5.74, 6) is -1.03. The van der Waals surface area contributed by atoms with E-state index in [4.69, 9.17) is 9.47 Å². The van der Waals surface area contributed by atoms with Crippen molar-refractivity contribution in [3.8, 4) is 5.75 Å². The molecule has 2 amide bonds. The van der Waals surface area contributed by atoms with Crippen LogP contribution in [-0.4, -0.2) is 87.9 Å². The monoisotopic (exact) mass is 604 g/mol. The number of hydrogen-bond acceptors (Lipinski definition) is 8. The minimum absolute atomic E-state index is 0.0252. The molecule has 0 unspecified atom stereocenters. The molecule has 2 atom stereocenters. The van der Waals surface area contributed by atoms with Gasteiger partial charge in [-0.15, -0.1) is 0 Å². The van der Waals surface area contributed by atoms with Crippen LogP contribution >= 0.6 is 0 Å². The standard InChI is InChI=1S/C29H40N4O8S/c1-3-41-29(37)33-19-16-22(17-20-33)31-27(34)25(14-9-21-7-5-4-6-8-21)32-26(28(35)36)15-18-30-42(38,39)24-12-10-23(40-2)11-13-24/h4-8,10-13,22,25-26,30,32H,3,9,14-20H2,1-2H3,(H,31,34)(H,35,36)/t25-,26-/m0/s1. The Morgan fingerprint density at radius 3 is 2.26 bits per heavy atom. The number of carbonyl (C=O) groups excluding carboxylic acids is 2. The number of aryl methyl sites for hydroxylation is 1. The highest BCUT2D eigenvalue weighted by Crippen LogP contribution is 2.16. The Kier molecular flexibility index (Phi) is 12.6. The second kappa shape index (κ2) is 16.1. The van der Waals surface area contributed by atoms with Crippen molar-refractivity contribution in [2.75, 3.05) is 33.4 Å². The Morgan fingerprint density at radius 1 is 1.00 bits per heavy atom. The quantitative estimate of drug-likeness (QED) is 0.239. The van der Waals surface area contributed by atoms with E-state index in [0.29, 0.717) is 44.5 Å². The Labute approximate surface area is 246 Å². The average Bonchev–Trinajstić information content (AvgIpc) is 2.99. The number of carboxylic acids is 1. The van der Waals surface area contributed by atoms with E-state index < -0.39 is 28.1 Å². The highest BCUT2D eigenvalue weighted by molar-refractivity contribution is 7.89. The van der Waals surface area contributed by atoms with Gasteiger partial charge in [0.15, 0.2) is 0 Å². The molecule has 1 heterocycles. The van der Waals surface area contributed by atoms with Gasteiger partial charge in [-0.25, -0.2) is 17.9 Å². The summed E-state index contributed by atoms with van der Waals surface area (Å²) in [6.45, 7) is 2.76. The van der Waals surface area contributed by atoms with Gasteiger partial charge in [-0.3, -0.25) is 14.9 Å². The van der Waals surface area contributed by atoms with E-state index in [1.807, 2.05) is 30.3 Å². The number of nitrogens with zero attached hydrogens (tertiary/aromatic N) is 1. The predicted molar refractivity (Wildman–Crippen MR) is 156 cm³/mol. The van der Waals surface area contributed by atoms with E-state index in [1.165, 1.54) is 31.4 Å². The molecular weight excluding hydrogens is 564 g/mol. The van der Waals surface area contributed by atoms with E-state index in [-0.39, 0.29) is 42.5 Å². The molecule has 0 saturated carbocycles. The van der Waals surface area contributed by atoms with Gasteiger partial charge in [0, 0.05) is 25.7 Å². The van der Waals surface area contributed by atoms with Gasteiger partial charge < -0.3 is 24.8 Å². The Morgan fingerprint density at radius 2 is 1.67 bits per heavy atom. The maximum absolute atomic E-state index is 13.4. The maximum atomic E-state index is 13.4. The number of likely N-dealkylation sites (tertiary alicyclic amines) is 1. The SMILES string of the molecule is CCOC(=O)N1CCC(NC(=O)[C@H](CCc2ccccc2)N[C@@H](CCNS(=O)(=O)c2ccc(OC)cc2)C(=O)O)CC1. The molecule has 0 radical (unpaired) electrons. The number of hydrogen-bond donors (Lipinski definition) is 4. The molecule has 1 aliphatic heterocycles. The van der Waals surface area contributed by atoms with E-state index in [0.717, 1.165) is 5.56 Å². The van der Waals surface area contributed by atoms with Gasteiger partial charge in [-0.1, -0.05) is 30.3 Å². The zero-order valence-corrected chi connectivity index (χ0v) is 24.8. The molecule has 1 fully saturated rings. The first-order valence-corrected chi connectivity index (χ1v) is 15.5. The summed E-state index contributed by atoms with van der Waals surface area (Å²) in [7, 11) is -2.40. The smallest absolute Gasteiger partial charge is 0.409 e. The van der Waals surface area contributed by atoms with Gasteiger partial charge in [0.1, 0.15) is 11.8 Å². The maximum Gasteiger partial charge on any atom is 0.409 e. The number of nitrogens with one attached hydrogen (secondary N) is 3. The van der Waals surface area contributed by atoms with Crippen LogP contribution in [-0.2, 0) is 30.8 Å². The fraction of sp³-hybridized carbons (Fsp3) is 0.483. The minimum Gasteiger partial charge on any atom is -0.497 e. The first-order chi connectivity index (χ1) is 20.1. The molecular formula is C29H40N4O8S. The summed E-state index contributed by atoms with van der Waals surface area (Å²) in [6, 6.07) is 13.2. The van der Waals surface area contributed by atoms with Crippen LogP contribution in [0, 0.1) is 0 Å². The Bertz CT molecular complexity index is 1270. The zero-order chi connectivity index (χ0) is 30.5. The molecule has 1 aliphatic rings. The van der Waals surface area contributed by atoms with E-state index in [2.05, 4.69) is 15.4 Å². The number of piperidine rings is 1. The number of benzene rings is 2. The lowest BCUT2D eigenvalue weighted by Gasteiger charge is -2.33. The van der Waals surface area contributed by atoms with Crippen molar-refractivity contribution in [1.82, 2.24) is 20.3 Å². The average molecular weight is 605 g/mol. The number of ether oxygens (including phenoxy) is 2. The van der Waals surface area contributed by atoms with Gasteiger partial charge in [0.25, 0.3) is 0 Å². The molecule has 230 valence electrons. The minimum atomic E-state index is -3.87. The second-order valence-electron chi connectivity index (χ2n) is 9.97.